The lowest BCUT2D eigenvalue weighted by Crippen LogP contribution is -1.87. The van der Waals surface area contributed by atoms with E-state index in [-0.39, 0.29) is 0 Å². The number of hydrogen-bond donors (Lipinski definition) is 0. The van der Waals surface area contributed by atoms with E-state index in [0.717, 1.165) is 11.3 Å². The highest BCUT2D eigenvalue weighted by molar-refractivity contribution is 6.30. The van der Waals surface area contributed by atoms with Crippen LogP contribution in [-0.4, -0.2) is 4.98 Å². The lowest BCUT2D eigenvalue weighted by molar-refractivity contribution is 0.462. The number of pyridine rings is 1. The summed E-state index contributed by atoms with van der Waals surface area (Å²) in [5.74, 6) is 1.32. The standard InChI is InChI=1S/C12H10ClNO/c1-9-2-7-12(14-8-9)15-11-5-3-10(13)4-6-11/h2-8H,1H3. The van der Waals surface area contributed by atoms with Gasteiger partial charge in [-0.1, -0.05) is 17.7 Å². The van der Waals surface area contributed by atoms with Gasteiger partial charge in [0.25, 0.3) is 0 Å². The Balaban J connectivity index is 2.15. The Morgan fingerprint density at radius 1 is 1.07 bits per heavy atom. The summed E-state index contributed by atoms with van der Waals surface area (Å²) in [6.07, 6.45) is 1.77. The van der Waals surface area contributed by atoms with Gasteiger partial charge < -0.3 is 4.74 Å². The normalized spacial score (nSPS) is 10.0. The molecule has 0 saturated heterocycles. The summed E-state index contributed by atoms with van der Waals surface area (Å²) < 4.78 is 5.52. The summed E-state index contributed by atoms with van der Waals surface area (Å²) >= 11 is 5.76. The molecule has 0 aliphatic carbocycles. The van der Waals surface area contributed by atoms with Crippen molar-refractivity contribution in [3.05, 3.63) is 53.2 Å². The highest BCUT2D eigenvalue weighted by Crippen LogP contribution is 2.21. The Morgan fingerprint density at radius 2 is 1.80 bits per heavy atom. The SMILES string of the molecule is Cc1ccc(Oc2ccc(Cl)cc2)nc1. The predicted octanol–water partition coefficient (Wildman–Crippen LogP) is 3.84. The number of nitrogens with zero attached hydrogens (tertiary/aromatic N) is 1. The van der Waals surface area contributed by atoms with E-state index in [1.807, 2.05) is 31.2 Å². The number of rotatable bonds is 2. The van der Waals surface area contributed by atoms with Gasteiger partial charge in [0.1, 0.15) is 5.75 Å². The molecule has 1 aromatic heterocycles. The third-order valence-corrected chi connectivity index (χ3v) is 2.17. The van der Waals surface area contributed by atoms with Crippen LogP contribution in [0.3, 0.4) is 0 Å². The molecule has 2 rings (SSSR count). The second-order valence-electron chi connectivity index (χ2n) is 3.23. The van der Waals surface area contributed by atoms with Gasteiger partial charge in [0.2, 0.25) is 5.88 Å². The first-order chi connectivity index (χ1) is 7.24. The van der Waals surface area contributed by atoms with Crippen molar-refractivity contribution in [3.63, 3.8) is 0 Å². The van der Waals surface area contributed by atoms with E-state index in [1.165, 1.54) is 0 Å². The Labute approximate surface area is 93.5 Å². The van der Waals surface area contributed by atoms with Crippen molar-refractivity contribution in [2.75, 3.05) is 0 Å². The molecular weight excluding hydrogens is 210 g/mol. The van der Waals surface area contributed by atoms with Crippen molar-refractivity contribution in [2.45, 2.75) is 6.92 Å². The van der Waals surface area contributed by atoms with E-state index in [4.69, 9.17) is 16.3 Å². The summed E-state index contributed by atoms with van der Waals surface area (Å²) in [5.41, 5.74) is 1.11. The molecule has 76 valence electrons. The van der Waals surface area contributed by atoms with Crippen LogP contribution in [-0.2, 0) is 0 Å². The highest BCUT2D eigenvalue weighted by Gasteiger charge is 1.97. The van der Waals surface area contributed by atoms with E-state index in [0.29, 0.717) is 10.9 Å². The van der Waals surface area contributed by atoms with E-state index < -0.39 is 0 Å². The van der Waals surface area contributed by atoms with Crippen molar-refractivity contribution >= 4 is 11.6 Å². The van der Waals surface area contributed by atoms with Gasteiger partial charge in [-0.3, -0.25) is 0 Å². The smallest absolute Gasteiger partial charge is 0.219 e. The van der Waals surface area contributed by atoms with Crippen molar-refractivity contribution in [2.24, 2.45) is 0 Å². The second kappa shape index (κ2) is 4.32. The monoisotopic (exact) mass is 219 g/mol. The van der Waals surface area contributed by atoms with Crippen LogP contribution in [0, 0.1) is 6.92 Å². The lowest BCUT2D eigenvalue weighted by atomic mass is 10.3. The molecule has 0 amide bonds. The molecule has 0 spiro atoms. The molecule has 0 atom stereocenters. The van der Waals surface area contributed by atoms with Crippen LogP contribution in [0.4, 0.5) is 0 Å². The van der Waals surface area contributed by atoms with Gasteiger partial charge in [0.15, 0.2) is 0 Å². The molecular formula is C12H10ClNO. The maximum absolute atomic E-state index is 5.76. The maximum atomic E-state index is 5.76. The fourth-order valence-electron chi connectivity index (χ4n) is 1.14. The summed E-state index contributed by atoms with van der Waals surface area (Å²) in [7, 11) is 0. The van der Waals surface area contributed by atoms with Crippen molar-refractivity contribution < 1.29 is 4.74 Å². The van der Waals surface area contributed by atoms with Crippen molar-refractivity contribution in [3.8, 4) is 11.6 Å². The zero-order valence-corrected chi connectivity index (χ0v) is 9.03. The van der Waals surface area contributed by atoms with Gasteiger partial charge in [0, 0.05) is 17.3 Å². The first-order valence-corrected chi connectivity index (χ1v) is 4.98. The summed E-state index contributed by atoms with van der Waals surface area (Å²) in [6, 6.07) is 11.0. The minimum atomic E-state index is 0.586. The van der Waals surface area contributed by atoms with Crippen LogP contribution in [0.25, 0.3) is 0 Å². The fourth-order valence-corrected chi connectivity index (χ4v) is 1.26. The topological polar surface area (TPSA) is 22.1 Å². The Bertz CT molecular complexity index is 393. The van der Waals surface area contributed by atoms with Gasteiger partial charge in [-0.2, -0.15) is 0 Å². The quantitative estimate of drug-likeness (QED) is 0.766. The van der Waals surface area contributed by atoms with Gasteiger partial charge in [0.05, 0.1) is 0 Å². The molecule has 0 saturated carbocycles. The average molecular weight is 220 g/mol. The average Bonchev–Trinajstić information content (AvgIpc) is 2.25. The summed E-state index contributed by atoms with van der Waals surface area (Å²) in [6.45, 7) is 1.99. The minimum absolute atomic E-state index is 0.586. The molecule has 1 heterocycles. The van der Waals surface area contributed by atoms with Crippen LogP contribution in [0.2, 0.25) is 5.02 Å². The van der Waals surface area contributed by atoms with E-state index in [2.05, 4.69) is 4.98 Å². The maximum Gasteiger partial charge on any atom is 0.219 e. The molecule has 0 fully saturated rings. The summed E-state index contributed by atoms with van der Waals surface area (Å²) in [5, 5.41) is 0.694. The molecule has 0 aliphatic heterocycles. The van der Waals surface area contributed by atoms with Crippen LogP contribution in [0.1, 0.15) is 5.56 Å². The van der Waals surface area contributed by atoms with Crippen LogP contribution in [0.5, 0.6) is 11.6 Å². The number of aryl methyl sites for hydroxylation is 1. The van der Waals surface area contributed by atoms with E-state index in [9.17, 15) is 0 Å². The number of ether oxygens (including phenoxy) is 1. The first kappa shape index (κ1) is 9.99. The van der Waals surface area contributed by atoms with Gasteiger partial charge >= 0.3 is 0 Å². The van der Waals surface area contributed by atoms with Gasteiger partial charge in [-0.05, 0) is 36.8 Å². The molecule has 0 radical (unpaired) electrons. The first-order valence-electron chi connectivity index (χ1n) is 4.60. The van der Waals surface area contributed by atoms with E-state index in [1.54, 1.807) is 18.3 Å². The molecule has 0 aliphatic rings. The Kier molecular flexibility index (Phi) is 2.88. The molecule has 0 unspecified atom stereocenters. The Hall–Kier alpha value is -1.54. The lowest BCUT2D eigenvalue weighted by Gasteiger charge is -2.04. The number of hydrogen-bond acceptors (Lipinski definition) is 2. The third kappa shape index (κ3) is 2.70. The Morgan fingerprint density at radius 3 is 2.40 bits per heavy atom. The number of aromatic nitrogens is 1. The van der Waals surface area contributed by atoms with Crippen molar-refractivity contribution in [1.82, 2.24) is 4.98 Å². The van der Waals surface area contributed by atoms with Crippen LogP contribution >= 0.6 is 11.6 Å². The largest absolute Gasteiger partial charge is 0.439 e. The summed E-state index contributed by atoms with van der Waals surface area (Å²) in [4.78, 5) is 4.14. The highest BCUT2D eigenvalue weighted by atomic mass is 35.5. The van der Waals surface area contributed by atoms with Crippen molar-refractivity contribution in [1.29, 1.82) is 0 Å². The molecule has 3 heteroatoms. The third-order valence-electron chi connectivity index (χ3n) is 1.92. The molecule has 15 heavy (non-hydrogen) atoms. The van der Waals surface area contributed by atoms with Gasteiger partial charge in [-0.15, -0.1) is 0 Å². The molecule has 2 aromatic rings. The predicted molar refractivity (Wildman–Crippen MR) is 60.5 cm³/mol. The van der Waals surface area contributed by atoms with Gasteiger partial charge in [-0.25, -0.2) is 4.98 Å². The van der Waals surface area contributed by atoms with Crippen LogP contribution < -0.4 is 4.74 Å². The number of benzene rings is 1. The molecule has 0 N–H and O–H groups in total. The second-order valence-corrected chi connectivity index (χ2v) is 3.67. The molecule has 0 bridgehead atoms. The zero-order valence-electron chi connectivity index (χ0n) is 8.27. The van der Waals surface area contributed by atoms with E-state index >= 15 is 0 Å². The molecule has 1 aromatic carbocycles. The van der Waals surface area contributed by atoms with Crippen LogP contribution in [0.15, 0.2) is 42.6 Å². The minimum Gasteiger partial charge on any atom is -0.439 e. The number of halogens is 1. The fraction of sp³-hybridized carbons (Fsp3) is 0.0833. The molecule has 2 nitrogen and oxygen atoms in total. The zero-order chi connectivity index (χ0) is 10.7.